The van der Waals surface area contributed by atoms with E-state index in [1.54, 1.807) is 55.5 Å². The molecule has 2 rings (SSSR count). The van der Waals surface area contributed by atoms with E-state index in [9.17, 15) is 9.00 Å². The molecule has 2 unspecified atom stereocenters. The molecule has 0 heterocycles. The number of carbonyl (C=O) groups excluding carboxylic acids is 1. The van der Waals surface area contributed by atoms with Crippen LogP contribution < -0.4 is 0 Å². The predicted octanol–water partition coefficient (Wildman–Crippen LogP) is 4.48. The van der Waals surface area contributed by atoms with E-state index in [1.165, 1.54) is 0 Å². The Labute approximate surface area is 133 Å². The van der Waals surface area contributed by atoms with Crippen molar-refractivity contribution in [1.29, 1.82) is 0 Å². The van der Waals surface area contributed by atoms with Gasteiger partial charge in [0.15, 0.2) is 5.78 Å². The average molecular weight is 372 g/mol. The Morgan fingerprint density at radius 3 is 2.35 bits per heavy atom. The maximum absolute atomic E-state index is 12.4. The number of halogens is 2. The summed E-state index contributed by atoms with van der Waals surface area (Å²) in [7, 11) is -1.47. The molecule has 0 aliphatic rings. The largest absolute Gasteiger partial charge is 0.293 e. The molecule has 0 N–H and O–H groups in total. The Kier molecular flexibility index (Phi) is 5.13. The lowest BCUT2D eigenvalue weighted by Crippen LogP contribution is -2.23. The minimum atomic E-state index is -1.47. The standard InChI is InChI=1S/C15H12BrClO2S/c1-10(15(18)11-6-8-12(16)9-7-11)20(19)14-5-3-2-4-13(14)17/h2-10H,1H3. The summed E-state index contributed by atoms with van der Waals surface area (Å²) in [4.78, 5) is 12.8. The number of rotatable bonds is 4. The molecule has 0 fully saturated rings. The first-order valence-corrected chi connectivity index (χ1v) is 8.34. The molecule has 0 bridgehead atoms. The Morgan fingerprint density at radius 1 is 1.15 bits per heavy atom. The number of Topliss-reactive ketones (excluding diaryl/α,β-unsaturated/α-hetero) is 1. The highest BCUT2D eigenvalue weighted by Crippen LogP contribution is 2.23. The van der Waals surface area contributed by atoms with Gasteiger partial charge in [-0.15, -0.1) is 0 Å². The van der Waals surface area contributed by atoms with Gasteiger partial charge in [0.1, 0.15) is 0 Å². The first-order valence-electron chi connectivity index (χ1n) is 5.95. The number of hydrogen-bond donors (Lipinski definition) is 0. The van der Waals surface area contributed by atoms with Gasteiger partial charge in [0.25, 0.3) is 0 Å². The van der Waals surface area contributed by atoms with Crippen LogP contribution in [0.2, 0.25) is 5.02 Å². The Balaban J connectivity index is 2.25. The molecule has 0 aromatic heterocycles. The smallest absolute Gasteiger partial charge is 0.178 e. The van der Waals surface area contributed by atoms with E-state index in [-0.39, 0.29) is 5.78 Å². The van der Waals surface area contributed by atoms with Crippen molar-refractivity contribution in [2.75, 3.05) is 0 Å². The second-order valence-electron chi connectivity index (χ2n) is 4.24. The summed E-state index contributed by atoms with van der Waals surface area (Å²) in [6.45, 7) is 1.66. The highest BCUT2D eigenvalue weighted by molar-refractivity contribution is 9.10. The Hall–Kier alpha value is -0.970. The molecule has 0 aliphatic carbocycles. The molecule has 2 aromatic rings. The number of ketones is 1. The molecule has 104 valence electrons. The van der Waals surface area contributed by atoms with Crippen molar-refractivity contribution >= 4 is 44.1 Å². The van der Waals surface area contributed by atoms with Crippen molar-refractivity contribution in [1.82, 2.24) is 0 Å². The molecule has 0 saturated carbocycles. The molecular weight excluding hydrogens is 360 g/mol. The first kappa shape index (κ1) is 15.4. The van der Waals surface area contributed by atoms with E-state index in [2.05, 4.69) is 15.9 Å². The van der Waals surface area contributed by atoms with Crippen LogP contribution in [0.4, 0.5) is 0 Å². The van der Waals surface area contributed by atoms with Gasteiger partial charge in [-0.05, 0) is 31.2 Å². The molecule has 0 spiro atoms. The first-order chi connectivity index (χ1) is 9.50. The summed E-state index contributed by atoms with van der Waals surface area (Å²) in [5, 5.41) is -0.225. The summed E-state index contributed by atoms with van der Waals surface area (Å²) in [5.74, 6) is -0.157. The number of benzene rings is 2. The van der Waals surface area contributed by atoms with E-state index in [0.29, 0.717) is 15.5 Å². The van der Waals surface area contributed by atoms with E-state index in [0.717, 1.165) is 4.47 Å². The van der Waals surface area contributed by atoms with Crippen molar-refractivity contribution in [2.45, 2.75) is 17.1 Å². The lowest BCUT2D eigenvalue weighted by molar-refractivity contribution is 0.0992. The van der Waals surface area contributed by atoms with Crippen LogP contribution in [-0.4, -0.2) is 15.2 Å². The average Bonchev–Trinajstić information content (AvgIpc) is 2.46. The monoisotopic (exact) mass is 370 g/mol. The second kappa shape index (κ2) is 6.66. The normalized spacial score (nSPS) is 13.8. The van der Waals surface area contributed by atoms with Crippen LogP contribution in [0.3, 0.4) is 0 Å². The molecule has 0 amide bonds. The van der Waals surface area contributed by atoms with Gasteiger partial charge < -0.3 is 0 Å². The van der Waals surface area contributed by atoms with E-state index in [1.807, 2.05) is 0 Å². The molecule has 20 heavy (non-hydrogen) atoms. The predicted molar refractivity (Wildman–Crippen MR) is 85.8 cm³/mol. The van der Waals surface area contributed by atoms with Gasteiger partial charge in [0.05, 0.1) is 26.0 Å². The number of hydrogen-bond acceptors (Lipinski definition) is 2. The zero-order chi connectivity index (χ0) is 14.7. The van der Waals surface area contributed by atoms with Gasteiger partial charge in [0, 0.05) is 10.0 Å². The minimum absolute atomic E-state index is 0.157. The van der Waals surface area contributed by atoms with Crippen LogP contribution in [-0.2, 0) is 10.8 Å². The summed E-state index contributed by atoms with van der Waals surface area (Å²) in [5.41, 5.74) is 0.543. The van der Waals surface area contributed by atoms with Crippen LogP contribution in [0.15, 0.2) is 57.9 Å². The molecule has 0 aliphatic heterocycles. The SMILES string of the molecule is CC(C(=O)c1ccc(Br)cc1)S(=O)c1ccccc1Cl. The van der Waals surface area contributed by atoms with Crippen LogP contribution in [0.25, 0.3) is 0 Å². The molecule has 2 nitrogen and oxygen atoms in total. The summed E-state index contributed by atoms with van der Waals surface area (Å²) < 4.78 is 13.3. The molecule has 2 atom stereocenters. The Morgan fingerprint density at radius 2 is 1.75 bits per heavy atom. The molecule has 2 aromatic carbocycles. The van der Waals surface area contributed by atoms with Gasteiger partial charge in [-0.25, -0.2) is 0 Å². The van der Waals surface area contributed by atoms with Crippen LogP contribution in [0.5, 0.6) is 0 Å². The molecule has 0 radical (unpaired) electrons. The third kappa shape index (κ3) is 3.37. The third-order valence-electron chi connectivity index (χ3n) is 2.87. The summed E-state index contributed by atoms with van der Waals surface area (Å²) >= 11 is 9.34. The second-order valence-corrected chi connectivity index (χ2v) is 7.31. The summed E-state index contributed by atoms with van der Waals surface area (Å²) in [6, 6.07) is 13.9. The van der Waals surface area contributed by atoms with E-state index in [4.69, 9.17) is 11.6 Å². The number of carbonyl (C=O) groups is 1. The minimum Gasteiger partial charge on any atom is -0.293 e. The maximum Gasteiger partial charge on any atom is 0.178 e. The summed E-state index contributed by atoms with van der Waals surface area (Å²) in [6.07, 6.45) is 0. The van der Waals surface area contributed by atoms with Gasteiger partial charge >= 0.3 is 0 Å². The van der Waals surface area contributed by atoms with Crippen molar-refractivity contribution < 1.29 is 9.00 Å². The quantitative estimate of drug-likeness (QED) is 0.743. The fraction of sp³-hybridized carbons (Fsp3) is 0.133. The lowest BCUT2D eigenvalue weighted by Gasteiger charge is -2.11. The zero-order valence-corrected chi connectivity index (χ0v) is 13.8. The van der Waals surface area contributed by atoms with Gasteiger partial charge in [0.2, 0.25) is 0 Å². The molecule has 5 heteroatoms. The van der Waals surface area contributed by atoms with Crippen LogP contribution in [0, 0.1) is 0 Å². The highest BCUT2D eigenvalue weighted by Gasteiger charge is 2.24. The Bertz CT molecular complexity index is 655. The molecule has 0 saturated heterocycles. The van der Waals surface area contributed by atoms with Gasteiger partial charge in [-0.2, -0.15) is 0 Å². The van der Waals surface area contributed by atoms with Crippen LogP contribution >= 0.6 is 27.5 Å². The van der Waals surface area contributed by atoms with Crippen LogP contribution in [0.1, 0.15) is 17.3 Å². The van der Waals surface area contributed by atoms with E-state index >= 15 is 0 Å². The topological polar surface area (TPSA) is 34.1 Å². The highest BCUT2D eigenvalue weighted by atomic mass is 79.9. The van der Waals surface area contributed by atoms with Gasteiger partial charge in [-0.3, -0.25) is 9.00 Å². The van der Waals surface area contributed by atoms with Crippen molar-refractivity contribution in [3.8, 4) is 0 Å². The fourth-order valence-electron chi connectivity index (χ4n) is 1.74. The van der Waals surface area contributed by atoms with Crippen molar-refractivity contribution in [3.63, 3.8) is 0 Å². The fourth-order valence-corrected chi connectivity index (χ4v) is 3.56. The van der Waals surface area contributed by atoms with Crippen molar-refractivity contribution in [2.24, 2.45) is 0 Å². The molecular formula is C15H12BrClO2S. The zero-order valence-electron chi connectivity index (χ0n) is 10.7. The third-order valence-corrected chi connectivity index (χ3v) is 5.49. The maximum atomic E-state index is 12.4. The lowest BCUT2D eigenvalue weighted by atomic mass is 10.1. The van der Waals surface area contributed by atoms with Gasteiger partial charge in [-0.1, -0.05) is 51.8 Å². The van der Waals surface area contributed by atoms with Crippen molar-refractivity contribution in [3.05, 3.63) is 63.6 Å². The van der Waals surface area contributed by atoms with E-state index < -0.39 is 16.0 Å².